The van der Waals surface area contributed by atoms with Crippen LogP contribution < -0.4 is 20.5 Å². The van der Waals surface area contributed by atoms with Crippen LogP contribution in [0, 0.1) is 5.41 Å². The van der Waals surface area contributed by atoms with E-state index in [0.29, 0.717) is 36.8 Å². The van der Waals surface area contributed by atoms with Crippen LogP contribution in [0.4, 0.5) is 5.69 Å². The first-order valence-corrected chi connectivity index (χ1v) is 6.83. The van der Waals surface area contributed by atoms with E-state index in [2.05, 4.69) is 5.32 Å². The molecule has 0 aliphatic heterocycles. The molecule has 112 valence electrons. The third kappa shape index (κ3) is 3.63. The van der Waals surface area contributed by atoms with E-state index in [1.807, 2.05) is 20.8 Å². The fourth-order valence-corrected chi connectivity index (χ4v) is 1.70. The summed E-state index contributed by atoms with van der Waals surface area (Å²) in [5.41, 5.74) is 5.79. The summed E-state index contributed by atoms with van der Waals surface area (Å²) in [6.45, 7) is 6.58. The van der Waals surface area contributed by atoms with Crippen molar-refractivity contribution < 1.29 is 14.3 Å². The summed E-state index contributed by atoms with van der Waals surface area (Å²) >= 11 is 0. The van der Waals surface area contributed by atoms with Crippen molar-refractivity contribution in [3.05, 3.63) is 18.2 Å². The SMILES string of the molecule is CCOc1ccc(NC(=O)C(C)(CC)CN)cc1OC. The van der Waals surface area contributed by atoms with Crippen LogP contribution in [0.25, 0.3) is 0 Å². The van der Waals surface area contributed by atoms with E-state index in [1.54, 1.807) is 25.3 Å². The van der Waals surface area contributed by atoms with E-state index in [4.69, 9.17) is 15.2 Å². The minimum Gasteiger partial charge on any atom is -0.493 e. The molecule has 5 heteroatoms. The van der Waals surface area contributed by atoms with E-state index in [-0.39, 0.29) is 5.91 Å². The Kier molecular flexibility index (Phi) is 5.82. The molecule has 20 heavy (non-hydrogen) atoms. The number of benzene rings is 1. The second kappa shape index (κ2) is 7.14. The lowest BCUT2D eigenvalue weighted by Crippen LogP contribution is -2.39. The molecule has 0 aliphatic rings. The van der Waals surface area contributed by atoms with Crippen LogP contribution in [-0.4, -0.2) is 26.2 Å². The van der Waals surface area contributed by atoms with E-state index < -0.39 is 5.41 Å². The van der Waals surface area contributed by atoms with Gasteiger partial charge < -0.3 is 20.5 Å². The molecular weight excluding hydrogens is 256 g/mol. The van der Waals surface area contributed by atoms with Crippen LogP contribution in [0.5, 0.6) is 11.5 Å². The third-order valence-corrected chi connectivity index (χ3v) is 3.50. The molecule has 1 amide bonds. The van der Waals surface area contributed by atoms with Crippen molar-refractivity contribution in [2.24, 2.45) is 11.1 Å². The van der Waals surface area contributed by atoms with Gasteiger partial charge in [-0.05, 0) is 32.4 Å². The summed E-state index contributed by atoms with van der Waals surface area (Å²) in [5, 5.41) is 2.87. The zero-order chi connectivity index (χ0) is 15.2. The minimum absolute atomic E-state index is 0.0892. The number of methoxy groups -OCH3 is 1. The predicted octanol–water partition coefficient (Wildman–Crippen LogP) is 2.41. The van der Waals surface area contributed by atoms with Gasteiger partial charge in [0.2, 0.25) is 5.91 Å². The molecule has 3 N–H and O–H groups in total. The average molecular weight is 280 g/mol. The van der Waals surface area contributed by atoms with Crippen LogP contribution in [0.3, 0.4) is 0 Å². The molecule has 0 aromatic heterocycles. The lowest BCUT2D eigenvalue weighted by atomic mass is 9.86. The number of nitrogens with two attached hydrogens (primary N) is 1. The van der Waals surface area contributed by atoms with Gasteiger partial charge in [-0.15, -0.1) is 0 Å². The van der Waals surface area contributed by atoms with Crippen LogP contribution in [0.1, 0.15) is 27.2 Å². The first kappa shape index (κ1) is 16.3. The predicted molar refractivity (Wildman–Crippen MR) is 80.2 cm³/mol. The number of anilines is 1. The maximum atomic E-state index is 12.2. The highest BCUT2D eigenvalue weighted by Gasteiger charge is 2.29. The quantitative estimate of drug-likeness (QED) is 0.804. The molecule has 0 saturated carbocycles. The van der Waals surface area contributed by atoms with Crippen molar-refractivity contribution in [2.75, 3.05) is 25.6 Å². The number of hydrogen-bond acceptors (Lipinski definition) is 4. The molecule has 1 atom stereocenters. The summed E-state index contributed by atoms with van der Waals surface area (Å²) in [6.07, 6.45) is 0.684. The van der Waals surface area contributed by atoms with Crippen molar-refractivity contribution in [3.63, 3.8) is 0 Å². The van der Waals surface area contributed by atoms with Crippen molar-refractivity contribution in [1.82, 2.24) is 0 Å². The molecule has 0 spiro atoms. The smallest absolute Gasteiger partial charge is 0.231 e. The molecule has 0 fully saturated rings. The Labute approximate surface area is 120 Å². The van der Waals surface area contributed by atoms with Gasteiger partial charge in [0.1, 0.15) is 0 Å². The second-order valence-corrected chi connectivity index (χ2v) is 4.87. The molecule has 1 rings (SSSR count). The summed E-state index contributed by atoms with van der Waals surface area (Å²) < 4.78 is 10.7. The largest absolute Gasteiger partial charge is 0.493 e. The Bertz CT molecular complexity index is 456. The maximum Gasteiger partial charge on any atom is 0.231 e. The highest BCUT2D eigenvalue weighted by Crippen LogP contribution is 2.31. The maximum absolute atomic E-state index is 12.2. The molecule has 1 aromatic rings. The van der Waals surface area contributed by atoms with Crippen LogP contribution >= 0.6 is 0 Å². The van der Waals surface area contributed by atoms with E-state index in [9.17, 15) is 4.79 Å². The lowest BCUT2D eigenvalue weighted by Gasteiger charge is -2.25. The van der Waals surface area contributed by atoms with Gasteiger partial charge in [-0.1, -0.05) is 6.92 Å². The first-order chi connectivity index (χ1) is 9.50. The van der Waals surface area contributed by atoms with Crippen molar-refractivity contribution in [2.45, 2.75) is 27.2 Å². The van der Waals surface area contributed by atoms with Crippen LogP contribution in [0.2, 0.25) is 0 Å². The summed E-state index contributed by atoms with van der Waals surface area (Å²) in [6, 6.07) is 5.32. The van der Waals surface area contributed by atoms with Crippen molar-refractivity contribution >= 4 is 11.6 Å². The molecule has 0 aliphatic carbocycles. The molecule has 0 saturated heterocycles. The number of carbonyl (C=O) groups is 1. The van der Waals surface area contributed by atoms with Gasteiger partial charge in [-0.2, -0.15) is 0 Å². The van der Waals surface area contributed by atoms with Gasteiger partial charge in [-0.3, -0.25) is 4.79 Å². The van der Waals surface area contributed by atoms with E-state index >= 15 is 0 Å². The lowest BCUT2D eigenvalue weighted by molar-refractivity contribution is -0.124. The Morgan fingerprint density at radius 3 is 2.55 bits per heavy atom. The molecular formula is C15H24N2O3. The molecule has 1 unspecified atom stereocenters. The number of rotatable bonds is 7. The number of amides is 1. The monoisotopic (exact) mass is 280 g/mol. The molecule has 0 heterocycles. The molecule has 1 aromatic carbocycles. The van der Waals surface area contributed by atoms with Gasteiger partial charge in [0.05, 0.1) is 19.1 Å². The zero-order valence-corrected chi connectivity index (χ0v) is 12.7. The third-order valence-electron chi connectivity index (χ3n) is 3.50. The fraction of sp³-hybridized carbons (Fsp3) is 0.533. The van der Waals surface area contributed by atoms with Crippen molar-refractivity contribution in [3.8, 4) is 11.5 Å². The molecule has 0 radical (unpaired) electrons. The van der Waals surface area contributed by atoms with Crippen LogP contribution in [-0.2, 0) is 4.79 Å². The van der Waals surface area contributed by atoms with Gasteiger partial charge in [0, 0.05) is 18.3 Å². The van der Waals surface area contributed by atoms with E-state index in [1.165, 1.54) is 0 Å². The Balaban J connectivity index is 2.91. The van der Waals surface area contributed by atoms with Gasteiger partial charge in [-0.25, -0.2) is 0 Å². The minimum atomic E-state index is -0.564. The Hall–Kier alpha value is -1.75. The van der Waals surface area contributed by atoms with Gasteiger partial charge in [0.15, 0.2) is 11.5 Å². The second-order valence-electron chi connectivity index (χ2n) is 4.87. The highest BCUT2D eigenvalue weighted by atomic mass is 16.5. The summed E-state index contributed by atoms with van der Waals surface area (Å²) in [5.74, 6) is 1.16. The number of carbonyl (C=O) groups excluding carboxylic acids is 1. The number of hydrogen-bond donors (Lipinski definition) is 2. The highest BCUT2D eigenvalue weighted by molar-refractivity contribution is 5.95. The number of nitrogens with one attached hydrogen (secondary N) is 1. The van der Waals surface area contributed by atoms with Gasteiger partial charge in [0.25, 0.3) is 0 Å². The normalized spacial score (nSPS) is 13.4. The Morgan fingerprint density at radius 2 is 2.05 bits per heavy atom. The first-order valence-electron chi connectivity index (χ1n) is 6.83. The van der Waals surface area contributed by atoms with Crippen LogP contribution in [0.15, 0.2) is 18.2 Å². The summed E-state index contributed by atoms with van der Waals surface area (Å²) in [4.78, 5) is 12.2. The molecule has 0 bridgehead atoms. The van der Waals surface area contributed by atoms with Gasteiger partial charge >= 0.3 is 0 Å². The Morgan fingerprint density at radius 1 is 1.35 bits per heavy atom. The standard InChI is InChI=1S/C15H24N2O3/c1-5-15(3,10-16)14(18)17-11-7-8-12(20-6-2)13(9-11)19-4/h7-9H,5-6,10,16H2,1-4H3,(H,17,18). The fourth-order valence-electron chi connectivity index (χ4n) is 1.70. The summed E-state index contributed by atoms with van der Waals surface area (Å²) in [7, 11) is 1.57. The van der Waals surface area contributed by atoms with E-state index in [0.717, 1.165) is 0 Å². The van der Waals surface area contributed by atoms with Crippen molar-refractivity contribution in [1.29, 1.82) is 0 Å². The topological polar surface area (TPSA) is 73.6 Å². The molecule has 5 nitrogen and oxygen atoms in total. The number of ether oxygens (including phenoxy) is 2. The zero-order valence-electron chi connectivity index (χ0n) is 12.7. The average Bonchev–Trinajstić information content (AvgIpc) is 2.47.